The van der Waals surface area contributed by atoms with Crippen LogP contribution in [-0.4, -0.2) is 9.97 Å². The van der Waals surface area contributed by atoms with Gasteiger partial charge < -0.3 is 4.90 Å². The van der Waals surface area contributed by atoms with Crippen LogP contribution >= 0.6 is 0 Å². The van der Waals surface area contributed by atoms with Gasteiger partial charge in [0.15, 0.2) is 0 Å². The van der Waals surface area contributed by atoms with Crippen LogP contribution in [0.25, 0.3) is 16.7 Å². The Kier molecular flexibility index (Phi) is 4.59. The Morgan fingerprint density at radius 2 is 1.29 bits per heavy atom. The molecule has 7 rings (SSSR count). The predicted molar refractivity (Wildman–Crippen MR) is 142 cm³/mol. The summed E-state index contributed by atoms with van der Waals surface area (Å²) in [5, 5.41) is 0. The van der Waals surface area contributed by atoms with Crippen molar-refractivity contribution < 1.29 is 0 Å². The van der Waals surface area contributed by atoms with Crippen molar-refractivity contribution in [3.05, 3.63) is 144 Å². The summed E-state index contributed by atoms with van der Waals surface area (Å²) in [4.78, 5) is 10.9. The monoisotopic (exact) mass is 449 g/mol. The molecule has 5 aromatic rings. The third-order valence-corrected chi connectivity index (χ3v) is 7.17. The van der Waals surface area contributed by atoms with Crippen LogP contribution < -0.4 is 4.90 Å². The van der Waals surface area contributed by atoms with Gasteiger partial charge in [0, 0.05) is 24.0 Å². The minimum atomic E-state index is 0.465. The highest BCUT2D eigenvalue weighted by molar-refractivity contribution is 5.92. The minimum absolute atomic E-state index is 0.465. The second-order valence-corrected chi connectivity index (χ2v) is 9.06. The average molecular weight is 450 g/mol. The molecule has 0 N–H and O–H groups in total. The lowest BCUT2D eigenvalue weighted by atomic mass is 9.80. The van der Waals surface area contributed by atoms with Gasteiger partial charge in [0.05, 0.1) is 23.8 Å². The predicted octanol–water partition coefficient (Wildman–Crippen LogP) is 7.89. The van der Waals surface area contributed by atoms with E-state index < -0.39 is 0 Å². The van der Waals surface area contributed by atoms with Gasteiger partial charge in [0.2, 0.25) is 0 Å². The Morgan fingerprint density at radius 3 is 2.00 bits per heavy atom. The maximum atomic E-state index is 4.34. The molecule has 0 spiro atoms. The molecule has 0 radical (unpaired) electrons. The summed E-state index contributed by atoms with van der Waals surface area (Å²) in [5.74, 6) is 0.465. The van der Waals surface area contributed by atoms with Crippen molar-refractivity contribution >= 4 is 22.6 Å². The lowest BCUT2D eigenvalue weighted by Crippen LogP contribution is -2.10. The van der Waals surface area contributed by atoms with E-state index in [-0.39, 0.29) is 0 Å². The van der Waals surface area contributed by atoms with E-state index in [1.807, 2.05) is 24.5 Å². The lowest BCUT2D eigenvalue weighted by Gasteiger charge is -2.26. The molecule has 0 fully saturated rings. The van der Waals surface area contributed by atoms with Crippen LogP contribution in [0.1, 0.15) is 34.6 Å². The molecule has 2 aliphatic rings. The van der Waals surface area contributed by atoms with E-state index in [0.29, 0.717) is 5.92 Å². The molecule has 35 heavy (non-hydrogen) atoms. The number of hydrogen-bond donors (Lipinski definition) is 0. The highest BCUT2D eigenvalue weighted by Gasteiger charge is 2.33. The Morgan fingerprint density at radius 1 is 0.600 bits per heavy atom. The minimum Gasteiger partial charge on any atom is -0.307 e. The fraction of sp³-hybridized carbons (Fsp3) is 0.0625. The van der Waals surface area contributed by atoms with E-state index in [9.17, 15) is 0 Å². The Bertz CT molecular complexity index is 1510. The van der Waals surface area contributed by atoms with Crippen LogP contribution in [0.5, 0.6) is 0 Å². The van der Waals surface area contributed by atoms with E-state index >= 15 is 0 Å². The number of nitrogens with zero attached hydrogens (tertiary/aromatic N) is 3. The van der Waals surface area contributed by atoms with Crippen LogP contribution in [0.4, 0.5) is 17.1 Å². The van der Waals surface area contributed by atoms with Gasteiger partial charge >= 0.3 is 0 Å². The number of allylic oxidation sites excluding steroid dienone is 1. The van der Waals surface area contributed by atoms with E-state index in [0.717, 1.165) is 23.5 Å². The van der Waals surface area contributed by atoms with Gasteiger partial charge in [-0.15, -0.1) is 0 Å². The summed E-state index contributed by atoms with van der Waals surface area (Å²) in [5.41, 5.74) is 12.8. The first-order chi connectivity index (χ1) is 17.4. The maximum absolute atomic E-state index is 4.34. The standard InChI is InChI=1S/C32H23N3/c1-2-9-28-27(8-1)30-11-3-10-29-26(16-17-31(28)32(29)30)22-12-14-23(15-13-22)35(24-6-4-18-33-20-24)25-7-5-19-34-21-25/h1-16,18-21,31H,17H2. The summed E-state index contributed by atoms with van der Waals surface area (Å²) in [7, 11) is 0. The molecule has 2 heterocycles. The highest BCUT2D eigenvalue weighted by atomic mass is 15.2. The fourth-order valence-corrected chi connectivity index (χ4v) is 5.69. The first-order valence-corrected chi connectivity index (χ1v) is 12.0. The molecule has 0 aliphatic heterocycles. The Hall–Kier alpha value is -4.50. The fourth-order valence-electron chi connectivity index (χ4n) is 5.69. The number of anilines is 3. The van der Waals surface area contributed by atoms with Crippen LogP contribution in [0.2, 0.25) is 0 Å². The number of aromatic nitrogens is 2. The molecule has 0 saturated carbocycles. The second kappa shape index (κ2) is 8.07. The zero-order valence-corrected chi connectivity index (χ0v) is 19.2. The van der Waals surface area contributed by atoms with Gasteiger partial charge in [-0.3, -0.25) is 9.97 Å². The van der Waals surface area contributed by atoms with Crippen molar-refractivity contribution in [2.75, 3.05) is 4.90 Å². The molecule has 1 unspecified atom stereocenters. The summed E-state index contributed by atoms with van der Waals surface area (Å²) in [6.07, 6.45) is 10.8. The number of rotatable bonds is 4. The Balaban J connectivity index is 1.29. The van der Waals surface area contributed by atoms with Crippen LogP contribution in [0.15, 0.2) is 122 Å². The van der Waals surface area contributed by atoms with Gasteiger partial charge in [-0.1, -0.05) is 60.7 Å². The maximum Gasteiger partial charge on any atom is 0.0645 e. The Labute approximate surface area is 205 Å². The summed E-state index contributed by atoms with van der Waals surface area (Å²) >= 11 is 0. The largest absolute Gasteiger partial charge is 0.307 e. The zero-order chi connectivity index (χ0) is 23.2. The molecule has 3 nitrogen and oxygen atoms in total. The van der Waals surface area contributed by atoms with Crippen molar-refractivity contribution in [2.24, 2.45) is 0 Å². The van der Waals surface area contributed by atoms with Gasteiger partial charge in [-0.25, -0.2) is 0 Å². The van der Waals surface area contributed by atoms with Gasteiger partial charge in [0.1, 0.15) is 0 Å². The van der Waals surface area contributed by atoms with Crippen LogP contribution in [0, 0.1) is 0 Å². The second-order valence-electron chi connectivity index (χ2n) is 9.06. The molecule has 2 aromatic heterocycles. The van der Waals surface area contributed by atoms with Crippen LogP contribution in [-0.2, 0) is 0 Å². The first-order valence-electron chi connectivity index (χ1n) is 12.0. The number of benzene rings is 3. The van der Waals surface area contributed by atoms with E-state index in [1.165, 1.54) is 39.0 Å². The quantitative estimate of drug-likeness (QED) is 0.279. The zero-order valence-electron chi connectivity index (χ0n) is 19.2. The van der Waals surface area contributed by atoms with E-state index in [4.69, 9.17) is 0 Å². The van der Waals surface area contributed by atoms with Crippen LogP contribution in [0.3, 0.4) is 0 Å². The molecule has 2 aliphatic carbocycles. The highest BCUT2D eigenvalue weighted by Crippen LogP contribution is 2.52. The molecule has 3 heteroatoms. The molecule has 166 valence electrons. The summed E-state index contributed by atoms with van der Waals surface area (Å²) in [6, 6.07) is 32.6. The van der Waals surface area contributed by atoms with Crippen molar-refractivity contribution in [2.45, 2.75) is 12.3 Å². The van der Waals surface area contributed by atoms with E-state index in [1.54, 1.807) is 12.4 Å². The normalized spacial score (nSPS) is 15.2. The molecular weight excluding hydrogens is 426 g/mol. The molecule has 1 atom stereocenters. The van der Waals surface area contributed by atoms with Gasteiger partial charge in [-0.05, 0) is 81.8 Å². The van der Waals surface area contributed by atoms with Gasteiger partial charge in [0.25, 0.3) is 0 Å². The van der Waals surface area contributed by atoms with E-state index in [2.05, 4.69) is 99.8 Å². The van der Waals surface area contributed by atoms with Crippen molar-refractivity contribution in [3.63, 3.8) is 0 Å². The number of fused-ring (bicyclic) bond motifs is 3. The molecule has 0 saturated heterocycles. The molecule has 0 bridgehead atoms. The first kappa shape index (κ1) is 19.9. The third kappa shape index (κ3) is 3.20. The summed E-state index contributed by atoms with van der Waals surface area (Å²) in [6.45, 7) is 0. The number of pyridine rings is 2. The molecule has 3 aromatic carbocycles. The van der Waals surface area contributed by atoms with Crippen molar-refractivity contribution in [3.8, 4) is 11.1 Å². The lowest BCUT2D eigenvalue weighted by molar-refractivity contribution is 0.840. The molecular formula is C32H23N3. The van der Waals surface area contributed by atoms with Crippen molar-refractivity contribution in [1.82, 2.24) is 9.97 Å². The number of hydrogen-bond acceptors (Lipinski definition) is 3. The SMILES string of the molecule is C1=C(c2ccc(N(c3cccnc3)c3cccnc3)cc2)c2cccc3c2C(C1)c1ccccc1-3. The van der Waals surface area contributed by atoms with Crippen molar-refractivity contribution in [1.29, 1.82) is 0 Å². The third-order valence-electron chi connectivity index (χ3n) is 7.17. The topological polar surface area (TPSA) is 29.0 Å². The molecule has 0 amide bonds. The smallest absolute Gasteiger partial charge is 0.0645 e. The average Bonchev–Trinajstić information content (AvgIpc) is 3.26. The summed E-state index contributed by atoms with van der Waals surface area (Å²) < 4.78 is 0. The van der Waals surface area contributed by atoms with Gasteiger partial charge in [-0.2, -0.15) is 0 Å².